The van der Waals surface area contributed by atoms with Crippen LogP contribution in [0.1, 0.15) is 5.01 Å². The molecule has 0 aliphatic carbocycles. The Labute approximate surface area is 101 Å². The molecule has 0 saturated carbocycles. The van der Waals surface area contributed by atoms with Crippen LogP contribution < -0.4 is 5.32 Å². The Morgan fingerprint density at radius 2 is 2.00 bits per heavy atom. The molecule has 0 bridgehead atoms. The van der Waals surface area contributed by atoms with Gasteiger partial charge in [0.05, 0.1) is 0 Å². The summed E-state index contributed by atoms with van der Waals surface area (Å²) in [6, 6.07) is 8.09. The van der Waals surface area contributed by atoms with Crippen molar-refractivity contribution < 1.29 is 0 Å². The van der Waals surface area contributed by atoms with Gasteiger partial charge in [0.1, 0.15) is 10.0 Å². The average Bonchev–Trinajstić information content (AvgIpc) is 2.68. The molecule has 78 valence electrons. The predicted octanol–water partition coefficient (Wildman–Crippen LogP) is 2.69. The molecule has 3 nitrogen and oxygen atoms in total. The Balaban J connectivity index is 2.25. The highest BCUT2D eigenvalue weighted by Crippen LogP contribution is 2.24. The van der Waals surface area contributed by atoms with Crippen LogP contribution in [-0.2, 0) is 6.54 Å². The SMILES string of the molecule is CNCc1nnc(-c2ccc(Br)cc2)s1. The van der Waals surface area contributed by atoms with Crippen LogP contribution in [0.2, 0.25) is 0 Å². The summed E-state index contributed by atoms with van der Waals surface area (Å²) in [5, 5.41) is 13.3. The van der Waals surface area contributed by atoms with Gasteiger partial charge in [-0.2, -0.15) is 0 Å². The summed E-state index contributed by atoms with van der Waals surface area (Å²) in [6.45, 7) is 0.772. The van der Waals surface area contributed by atoms with Gasteiger partial charge in [-0.15, -0.1) is 10.2 Å². The number of rotatable bonds is 3. The van der Waals surface area contributed by atoms with Crippen molar-refractivity contribution >= 4 is 27.3 Å². The van der Waals surface area contributed by atoms with E-state index in [1.54, 1.807) is 11.3 Å². The summed E-state index contributed by atoms with van der Waals surface area (Å²) in [5.74, 6) is 0. The van der Waals surface area contributed by atoms with Crippen molar-refractivity contribution in [3.8, 4) is 10.6 Å². The molecular formula is C10H10BrN3S. The van der Waals surface area contributed by atoms with Gasteiger partial charge >= 0.3 is 0 Å². The molecule has 0 atom stereocenters. The van der Waals surface area contributed by atoms with Crippen LogP contribution in [0, 0.1) is 0 Å². The molecule has 1 aromatic heterocycles. The second-order valence-electron chi connectivity index (χ2n) is 3.04. The largest absolute Gasteiger partial charge is 0.313 e. The van der Waals surface area contributed by atoms with E-state index in [9.17, 15) is 0 Å². The van der Waals surface area contributed by atoms with E-state index in [-0.39, 0.29) is 0 Å². The zero-order chi connectivity index (χ0) is 10.7. The van der Waals surface area contributed by atoms with Gasteiger partial charge in [-0.05, 0) is 19.2 Å². The Morgan fingerprint density at radius 3 is 2.67 bits per heavy atom. The molecule has 0 aliphatic heterocycles. The molecule has 0 aliphatic rings. The predicted molar refractivity (Wildman–Crippen MR) is 65.8 cm³/mol. The van der Waals surface area contributed by atoms with Gasteiger partial charge in [-0.1, -0.05) is 39.4 Å². The minimum atomic E-state index is 0.772. The van der Waals surface area contributed by atoms with Gasteiger partial charge in [0.2, 0.25) is 0 Å². The standard InChI is InChI=1S/C10H10BrN3S/c1-12-6-9-13-14-10(15-9)7-2-4-8(11)5-3-7/h2-5,12H,6H2,1H3. The van der Waals surface area contributed by atoms with Gasteiger partial charge in [0, 0.05) is 16.6 Å². The second kappa shape index (κ2) is 4.83. The number of benzene rings is 1. The topological polar surface area (TPSA) is 37.8 Å². The quantitative estimate of drug-likeness (QED) is 0.941. The van der Waals surface area contributed by atoms with Crippen LogP contribution in [0.5, 0.6) is 0 Å². The fourth-order valence-corrected chi connectivity index (χ4v) is 2.31. The number of aromatic nitrogens is 2. The maximum atomic E-state index is 4.15. The van der Waals surface area contributed by atoms with E-state index < -0.39 is 0 Å². The molecule has 2 aromatic rings. The maximum Gasteiger partial charge on any atom is 0.147 e. The van der Waals surface area contributed by atoms with Crippen molar-refractivity contribution in [3.05, 3.63) is 33.7 Å². The number of hydrogen-bond donors (Lipinski definition) is 1. The van der Waals surface area contributed by atoms with Crippen LogP contribution in [0.15, 0.2) is 28.7 Å². The molecule has 0 amide bonds. The summed E-state index contributed by atoms with van der Waals surface area (Å²) >= 11 is 5.02. The molecule has 1 aromatic carbocycles. The lowest BCUT2D eigenvalue weighted by atomic mass is 10.2. The first-order valence-electron chi connectivity index (χ1n) is 4.52. The highest BCUT2D eigenvalue weighted by Gasteiger charge is 2.05. The van der Waals surface area contributed by atoms with E-state index in [1.807, 2.05) is 31.3 Å². The maximum absolute atomic E-state index is 4.15. The van der Waals surface area contributed by atoms with Crippen LogP contribution in [0.4, 0.5) is 0 Å². The average molecular weight is 284 g/mol. The van der Waals surface area contributed by atoms with E-state index in [0.717, 1.165) is 26.6 Å². The first-order chi connectivity index (χ1) is 7.29. The fourth-order valence-electron chi connectivity index (χ4n) is 1.19. The molecule has 0 spiro atoms. The smallest absolute Gasteiger partial charge is 0.147 e. The third kappa shape index (κ3) is 2.62. The summed E-state index contributed by atoms with van der Waals surface area (Å²) in [6.07, 6.45) is 0. The highest BCUT2D eigenvalue weighted by molar-refractivity contribution is 9.10. The number of nitrogens with zero attached hydrogens (tertiary/aromatic N) is 2. The molecule has 1 heterocycles. The summed E-state index contributed by atoms with van der Waals surface area (Å²) < 4.78 is 1.08. The third-order valence-electron chi connectivity index (χ3n) is 1.89. The Morgan fingerprint density at radius 1 is 1.27 bits per heavy atom. The Bertz CT molecular complexity index is 438. The minimum absolute atomic E-state index is 0.772. The lowest BCUT2D eigenvalue weighted by Gasteiger charge is -1.94. The van der Waals surface area contributed by atoms with Crippen molar-refractivity contribution in [1.82, 2.24) is 15.5 Å². The molecule has 15 heavy (non-hydrogen) atoms. The highest BCUT2D eigenvalue weighted by atomic mass is 79.9. The third-order valence-corrected chi connectivity index (χ3v) is 3.39. The number of halogens is 1. The van der Waals surface area contributed by atoms with Crippen molar-refractivity contribution in [2.75, 3.05) is 7.05 Å². The second-order valence-corrected chi connectivity index (χ2v) is 5.02. The number of hydrogen-bond acceptors (Lipinski definition) is 4. The van der Waals surface area contributed by atoms with E-state index in [2.05, 4.69) is 31.4 Å². The summed E-state index contributed by atoms with van der Waals surface area (Å²) in [7, 11) is 1.90. The van der Waals surface area contributed by atoms with E-state index in [4.69, 9.17) is 0 Å². The Hall–Kier alpha value is -0.780. The van der Waals surface area contributed by atoms with Gasteiger partial charge in [0.15, 0.2) is 0 Å². The number of nitrogens with one attached hydrogen (secondary N) is 1. The zero-order valence-electron chi connectivity index (χ0n) is 8.20. The molecule has 2 rings (SSSR count). The first kappa shape index (κ1) is 10.7. The fraction of sp³-hybridized carbons (Fsp3) is 0.200. The molecular weight excluding hydrogens is 274 g/mol. The Kier molecular flexibility index (Phi) is 3.45. The van der Waals surface area contributed by atoms with E-state index >= 15 is 0 Å². The van der Waals surface area contributed by atoms with Crippen LogP contribution >= 0.6 is 27.3 Å². The minimum Gasteiger partial charge on any atom is -0.313 e. The van der Waals surface area contributed by atoms with Crippen molar-refractivity contribution in [2.45, 2.75) is 6.54 Å². The lowest BCUT2D eigenvalue weighted by molar-refractivity contribution is 0.795. The van der Waals surface area contributed by atoms with Crippen LogP contribution in [0.25, 0.3) is 10.6 Å². The first-order valence-corrected chi connectivity index (χ1v) is 6.13. The molecule has 0 saturated heterocycles. The summed E-state index contributed by atoms with van der Waals surface area (Å²) in [5.41, 5.74) is 1.11. The van der Waals surface area contributed by atoms with Gasteiger partial charge in [0.25, 0.3) is 0 Å². The molecule has 0 fully saturated rings. The van der Waals surface area contributed by atoms with E-state index in [0.29, 0.717) is 0 Å². The monoisotopic (exact) mass is 283 g/mol. The van der Waals surface area contributed by atoms with Gasteiger partial charge < -0.3 is 5.32 Å². The summed E-state index contributed by atoms with van der Waals surface area (Å²) in [4.78, 5) is 0. The van der Waals surface area contributed by atoms with Crippen LogP contribution in [-0.4, -0.2) is 17.2 Å². The van der Waals surface area contributed by atoms with Gasteiger partial charge in [-0.3, -0.25) is 0 Å². The van der Waals surface area contributed by atoms with Gasteiger partial charge in [-0.25, -0.2) is 0 Å². The molecule has 1 N–H and O–H groups in total. The zero-order valence-corrected chi connectivity index (χ0v) is 10.6. The van der Waals surface area contributed by atoms with Crippen LogP contribution in [0.3, 0.4) is 0 Å². The molecule has 0 unspecified atom stereocenters. The van der Waals surface area contributed by atoms with Crippen molar-refractivity contribution in [3.63, 3.8) is 0 Å². The molecule has 0 radical (unpaired) electrons. The van der Waals surface area contributed by atoms with E-state index in [1.165, 1.54) is 0 Å². The van der Waals surface area contributed by atoms with Crippen molar-refractivity contribution in [1.29, 1.82) is 0 Å². The normalized spacial score (nSPS) is 10.5. The lowest BCUT2D eigenvalue weighted by Crippen LogP contribution is -2.04. The molecule has 5 heteroatoms. The van der Waals surface area contributed by atoms with Crippen molar-refractivity contribution in [2.24, 2.45) is 0 Å².